The molecule has 2 amide bonds. The number of methoxy groups -OCH3 is 1. The van der Waals surface area contributed by atoms with E-state index < -0.39 is 23.3 Å². The van der Waals surface area contributed by atoms with E-state index in [0.29, 0.717) is 5.56 Å². The molecule has 0 saturated carbocycles. The summed E-state index contributed by atoms with van der Waals surface area (Å²) in [6.45, 7) is 2.71. The van der Waals surface area contributed by atoms with Crippen LogP contribution in [0, 0.1) is 0 Å². The molecule has 3 unspecified atom stereocenters. The molecule has 1 saturated heterocycles. The summed E-state index contributed by atoms with van der Waals surface area (Å²) >= 11 is 0. The first kappa shape index (κ1) is 28.7. The maximum absolute atomic E-state index is 12.0. The van der Waals surface area contributed by atoms with E-state index in [-0.39, 0.29) is 53.9 Å². The van der Waals surface area contributed by atoms with Crippen molar-refractivity contribution < 1.29 is 53.8 Å². The van der Waals surface area contributed by atoms with Gasteiger partial charge in [0.2, 0.25) is 5.91 Å². The maximum atomic E-state index is 12.0. The minimum Gasteiger partial charge on any atom is -0.846 e. The van der Waals surface area contributed by atoms with E-state index in [1.54, 1.807) is 37.3 Å². The van der Waals surface area contributed by atoms with Crippen molar-refractivity contribution in [2.75, 3.05) is 13.7 Å². The van der Waals surface area contributed by atoms with Gasteiger partial charge >= 0.3 is 35.5 Å². The minimum atomic E-state index is -1.37. The first-order chi connectivity index (χ1) is 16.4. The standard InChI is InChI=1S/C14H19NO2.C12H12N2O3.Na/c1-17-14(16)13(11-7-3-2-4-8-11)12-9-5-6-10-15-12;1-2-12(8-6-4-3-5-7-8)9(15)13-11(17)14-10(12)16;/h2-4,7-8,12-13,15H,5-6,9-10H2,1H3;3-7H,2H2,1H3,(H2,13,14,15,16,17);/q;;+1/p-1. The Kier molecular flexibility index (Phi) is 11.1. The van der Waals surface area contributed by atoms with E-state index in [2.05, 4.69) is 15.6 Å². The van der Waals surface area contributed by atoms with Gasteiger partial charge < -0.3 is 20.5 Å². The molecule has 0 bridgehead atoms. The average Bonchev–Trinajstić information content (AvgIpc) is 2.86. The first-order valence-corrected chi connectivity index (χ1v) is 11.5. The molecule has 2 aliphatic heterocycles. The number of nitrogens with one attached hydrogen (secondary N) is 2. The molecule has 180 valence electrons. The summed E-state index contributed by atoms with van der Waals surface area (Å²) in [5.74, 6) is -1.62. The van der Waals surface area contributed by atoms with Crippen LogP contribution < -0.4 is 45.3 Å². The van der Waals surface area contributed by atoms with Crippen LogP contribution in [0.2, 0.25) is 0 Å². The second-order valence-corrected chi connectivity index (χ2v) is 8.27. The van der Waals surface area contributed by atoms with Crippen LogP contribution in [0.4, 0.5) is 0 Å². The number of hydrogen-bond donors (Lipinski definition) is 2. The van der Waals surface area contributed by atoms with Crippen LogP contribution in [-0.2, 0) is 24.5 Å². The van der Waals surface area contributed by atoms with Crippen molar-refractivity contribution in [3.8, 4) is 0 Å². The zero-order chi connectivity index (χ0) is 24.6. The molecule has 4 rings (SSSR count). The molecular formula is C26H30N3NaO5. The predicted molar refractivity (Wildman–Crippen MR) is 126 cm³/mol. The molecule has 8 nitrogen and oxygen atoms in total. The summed E-state index contributed by atoms with van der Waals surface area (Å²) in [7, 11) is 1.46. The van der Waals surface area contributed by atoms with Crippen molar-refractivity contribution in [1.29, 1.82) is 0 Å². The summed E-state index contributed by atoms with van der Waals surface area (Å²) in [6, 6.07) is 17.9. The molecular weight excluding hydrogens is 457 g/mol. The molecule has 1 fully saturated rings. The van der Waals surface area contributed by atoms with E-state index >= 15 is 0 Å². The Labute approximate surface area is 227 Å². The number of hydrogen-bond acceptors (Lipinski definition) is 6. The number of piperidine rings is 1. The van der Waals surface area contributed by atoms with Gasteiger partial charge in [0.15, 0.2) is 5.41 Å². The van der Waals surface area contributed by atoms with Crippen molar-refractivity contribution in [3.05, 3.63) is 71.8 Å². The van der Waals surface area contributed by atoms with E-state index in [0.717, 1.165) is 18.5 Å². The summed E-state index contributed by atoms with van der Waals surface area (Å²) in [6.07, 6.45) is 3.67. The number of rotatable bonds is 5. The topological polar surface area (TPSA) is 120 Å². The number of ether oxygens (including phenoxy) is 1. The number of benzene rings is 2. The van der Waals surface area contributed by atoms with E-state index in [9.17, 15) is 19.5 Å². The molecule has 2 N–H and O–H groups in total. The van der Waals surface area contributed by atoms with Crippen molar-refractivity contribution in [2.24, 2.45) is 4.99 Å². The molecule has 0 spiro atoms. The summed E-state index contributed by atoms with van der Waals surface area (Å²) in [5.41, 5.74) is 0.231. The number of esters is 1. The van der Waals surface area contributed by atoms with Gasteiger partial charge in [0.25, 0.3) is 5.91 Å². The predicted octanol–water partition coefficient (Wildman–Crippen LogP) is -1.20. The molecule has 2 aromatic rings. The Morgan fingerprint density at radius 2 is 1.74 bits per heavy atom. The maximum Gasteiger partial charge on any atom is 1.00 e. The minimum absolute atomic E-state index is 0. The first-order valence-electron chi connectivity index (χ1n) is 11.5. The SMILES string of the molecule is CCC1(c2ccccc2)C(=O)N=C([O-])NC1=O.COC(=O)C(c1ccccc1)C1CCCCN1.[Na+]. The number of carbonyl (C=O) groups is 3. The van der Waals surface area contributed by atoms with E-state index in [4.69, 9.17) is 4.74 Å². The summed E-state index contributed by atoms with van der Waals surface area (Å²) in [4.78, 5) is 39.1. The Bertz CT molecular complexity index is 1030. The van der Waals surface area contributed by atoms with Gasteiger partial charge in [-0.15, -0.1) is 0 Å². The number of amides is 2. The summed E-state index contributed by atoms with van der Waals surface area (Å²) < 4.78 is 4.94. The average molecular weight is 488 g/mol. The Morgan fingerprint density at radius 3 is 2.26 bits per heavy atom. The van der Waals surface area contributed by atoms with Crippen LogP contribution in [0.3, 0.4) is 0 Å². The second kappa shape index (κ2) is 13.5. The molecule has 3 atom stereocenters. The Morgan fingerprint density at radius 1 is 1.11 bits per heavy atom. The van der Waals surface area contributed by atoms with Gasteiger partial charge in [0.05, 0.1) is 19.0 Å². The van der Waals surface area contributed by atoms with Crippen LogP contribution in [-0.4, -0.2) is 43.5 Å². The molecule has 2 heterocycles. The Balaban J connectivity index is 0.000000240. The number of amidine groups is 1. The van der Waals surface area contributed by atoms with Gasteiger partial charge in [-0.3, -0.25) is 14.4 Å². The van der Waals surface area contributed by atoms with E-state index in [1.807, 2.05) is 30.3 Å². The molecule has 0 aliphatic carbocycles. The zero-order valence-electron chi connectivity index (χ0n) is 20.5. The van der Waals surface area contributed by atoms with Gasteiger partial charge in [-0.1, -0.05) is 74.0 Å². The molecule has 2 aromatic carbocycles. The zero-order valence-corrected chi connectivity index (χ0v) is 22.5. The van der Waals surface area contributed by atoms with Crippen molar-refractivity contribution in [2.45, 2.75) is 50.0 Å². The van der Waals surface area contributed by atoms with Gasteiger partial charge in [0, 0.05) is 6.04 Å². The van der Waals surface area contributed by atoms with Crippen LogP contribution in [0.15, 0.2) is 65.7 Å². The molecule has 0 aromatic heterocycles. The number of aliphatic imine (C=N–C) groups is 1. The van der Waals surface area contributed by atoms with Crippen molar-refractivity contribution >= 4 is 23.8 Å². The third-order valence-corrected chi connectivity index (χ3v) is 6.34. The fraction of sp³-hybridized carbons (Fsp3) is 0.385. The largest absolute Gasteiger partial charge is 1.00 e. The number of carbonyl (C=O) groups excluding carboxylic acids is 3. The second-order valence-electron chi connectivity index (χ2n) is 8.27. The fourth-order valence-electron chi connectivity index (χ4n) is 4.49. The van der Waals surface area contributed by atoms with E-state index in [1.165, 1.54) is 20.0 Å². The normalized spacial score (nSPS) is 22.3. The fourth-order valence-corrected chi connectivity index (χ4v) is 4.49. The molecule has 9 heteroatoms. The van der Waals surface area contributed by atoms with Crippen LogP contribution in [0.5, 0.6) is 0 Å². The monoisotopic (exact) mass is 487 g/mol. The van der Waals surface area contributed by atoms with Gasteiger partial charge in [-0.25, -0.2) is 4.99 Å². The van der Waals surface area contributed by atoms with Crippen molar-refractivity contribution in [1.82, 2.24) is 10.6 Å². The van der Waals surface area contributed by atoms with Crippen LogP contribution in [0.1, 0.15) is 49.7 Å². The van der Waals surface area contributed by atoms with Crippen LogP contribution >= 0.6 is 0 Å². The van der Waals surface area contributed by atoms with Gasteiger partial charge in [-0.2, -0.15) is 0 Å². The smallest absolute Gasteiger partial charge is 0.846 e. The third-order valence-electron chi connectivity index (χ3n) is 6.34. The van der Waals surface area contributed by atoms with Crippen LogP contribution in [0.25, 0.3) is 0 Å². The molecule has 2 aliphatic rings. The molecule has 35 heavy (non-hydrogen) atoms. The van der Waals surface area contributed by atoms with Gasteiger partial charge in [0.1, 0.15) is 0 Å². The molecule has 0 radical (unpaired) electrons. The summed E-state index contributed by atoms with van der Waals surface area (Å²) in [5, 5.41) is 16.5. The number of nitrogens with zero attached hydrogens (tertiary/aromatic N) is 1. The quantitative estimate of drug-likeness (QED) is 0.311. The van der Waals surface area contributed by atoms with Gasteiger partial charge in [-0.05, 0) is 36.9 Å². The van der Waals surface area contributed by atoms with Crippen molar-refractivity contribution in [3.63, 3.8) is 0 Å². The Hall–Kier alpha value is -2.52. The third kappa shape index (κ3) is 6.58.